The highest BCUT2D eigenvalue weighted by Gasteiger charge is 2.45. The van der Waals surface area contributed by atoms with Crippen molar-refractivity contribution in [3.8, 4) is 0 Å². The third-order valence-electron chi connectivity index (χ3n) is 4.58. The zero-order valence-electron chi connectivity index (χ0n) is 13.6. The van der Waals surface area contributed by atoms with Crippen molar-refractivity contribution in [2.75, 3.05) is 25.2 Å². The molecule has 2 fully saturated rings. The topological polar surface area (TPSA) is 114 Å². The van der Waals surface area contributed by atoms with Gasteiger partial charge in [-0.1, -0.05) is 0 Å². The second kappa shape index (κ2) is 7.06. The number of anilines is 1. The molecule has 3 rings (SSSR count). The molecule has 0 spiro atoms. The molecule has 2 aliphatic heterocycles. The van der Waals surface area contributed by atoms with Gasteiger partial charge in [0.2, 0.25) is 0 Å². The molecule has 0 aliphatic carbocycles. The molecule has 10 heteroatoms. The fourth-order valence-electron chi connectivity index (χ4n) is 3.26. The molecule has 3 heterocycles. The molecule has 1 aromatic rings. The highest BCUT2D eigenvalue weighted by molar-refractivity contribution is 5.80. The molecule has 5 unspecified atom stereocenters. The first kappa shape index (κ1) is 17.8. The fourth-order valence-corrected chi connectivity index (χ4v) is 3.26. The Hall–Kier alpha value is -2.04. The summed E-state index contributed by atoms with van der Waals surface area (Å²) in [4.78, 5) is 29.7. The van der Waals surface area contributed by atoms with E-state index in [-0.39, 0.29) is 0 Å². The normalized spacial score (nSPS) is 32.2. The summed E-state index contributed by atoms with van der Waals surface area (Å²) in [6, 6.07) is 0.974. The number of aliphatic hydroxyl groups is 2. The number of halogens is 1. The van der Waals surface area contributed by atoms with Crippen molar-refractivity contribution in [1.82, 2.24) is 9.55 Å². The van der Waals surface area contributed by atoms with Crippen LogP contribution in [0.1, 0.15) is 19.1 Å². The monoisotopic (exact) mass is 357 g/mol. The van der Waals surface area contributed by atoms with Crippen LogP contribution >= 0.6 is 0 Å². The van der Waals surface area contributed by atoms with Crippen LogP contribution in [0.15, 0.2) is 17.1 Å². The van der Waals surface area contributed by atoms with Crippen molar-refractivity contribution in [1.29, 1.82) is 0 Å². The molecule has 2 aliphatic rings. The number of aliphatic hydroxyl groups excluding tert-OH is 2. The minimum atomic E-state index is -1.86. The highest BCUT2D eigenvalue weighted by Crippen LogP contribution is 2.31. The van der Waals surface area contributed by atoms with Crippen LogP contribution in [0.25, 0.3) is 0 Å². The van der Waals surface area contributed by atoms with Gasteiger partial charge in [-0.05, 0) is 18.9 Å². The Morgan fingerprint density at radius 3 is 2.92 bits per heavy atom. The quantitative estimate of drug-likeness (QED) is 0.658. The first-order chi connectivity index (χ1) is 12.0. The first-order valence-electron chi connectivity index (χ1n) is 8.00. The summed E-state index contributed by atoms with van der Waals surface area (Å²) in [7, 11) is 1.30. The lowest BCUT2D eigenvalue weighted by Crippen LogP contribution is -2.39. The first-order valence-corrected chi connectivity index (χ1v) is 8.00. The summed E-state index contributed by atoms with van der Waals surface area (Å²) < 4.78 is 25.0. The summed E-state index contributed by atoms with van der Waals surface area (Å²) in [6.45, 7) is -0.0138. The van der Waals surface area contributed by atoms with Gasteiger partial charge in [-0.25, -0.2) is 14.0 Å². The molecule has 25 heavy (non-hydrogen) atoms. The SMILES string of the molecule is COC(=O)C1CCCN1c1ccn(C2OC(CO)C(O)C2F)c(=O)n1. The zero-order chi connectivity index (χ0) is 18.1. The number of alkyl halides is 1. The number of methoxy groups -OCH3 is 1. The minimum Gasteiger partial charge on any atom is -0.467 e. The van der Waals surface area contributed by atoms with Crippen LogP contribution in [-0.2, 0) is 14.3 Å². The van der Waals surface area contributed by atoms with Gasteiger partial charge in [0.05, 0.1) is 13.7 Å². The molecule has 9 nitrogen and oxygen atoms in total. The maximum atomic E-state index is 14.2. The molecule has 2 N–H and O–H groups in total. The van der Waals surface area contributed by atoms with Crippen molar-refractivity contribution in [2.24, 2.45) is 0 Å². The smallest absolute Gasteiger partial charge is 0.351 e. The van der Waals surface area contributed by atoms with E-state index in [9.17, 15) is 19.1 Å². The Morgan fingerprint density at radius 1 is 1.56 bits per heavy atom. The van der Waals surface area contributed by atoms with Crippen molar-refractivity contribution >= 4 is 11.8 Å². The predicted octanol–water partition coefficient (Wildman–Crippen LogP) is -1.03. The van der Waals surface area contributed by atoms with Crippen LogP contribution in [0.4, 0.5) is 10.2 Å². The number of carbonyl (C=O) groups is 1. The molecule has 0 aromatic carbocycles. The molecule has 0 amide bonds. The van der Waals surface area contributed by atoms with Gasteiger partial charge in [0.25, 0.3) is 0 Å². The lowest BCUT2D eigenvalue weighted by molar-refractivity contribution is -0.141. The van der Waals surface area contributed by atoms with E-state index in [0.29, 0.717) is 18.8 Å². The van der Waals surface area contributed by atoms with E-state index in [4.69, 9.17) is 14.6 Å². The van der Waals surface area contributed by atoms with E-state index >= 15 is 0 Å². The molecular weight excluding hydrogens is 337 g/mol. The number of aromatic nitrogens is 2. The van der Waals surface area contributed by atoms with Crippen LogP contribution in [0.3, 0.4) is 0 Å². The second-order valence-corrected chi connectivity index (χ2v) is 6.03. The molecule has 1 aromatic heterocycles. The van der Waals surface area contributed by atoms with Crippen molar-refractivity contribution in [2.45, 2.75) is 43.5 Å². The standard InChI is InChI=1S/C15H20FN3O6/c1-24-14(22)8-3-2-5-18(8)10-4-6-19(15(23)17-10)13-11(16)12(21)9(7-20)25-13/h4,6,8-9,11-13,20-21H,2-3,5,7H2,1H3. The number of esters is 1. The summed E-state index contributed by atoms with van der Waals surface area (Å²) in [5.41, 5.74) is -0.772. The van der Waals surface area contributed by atoms with Crippen LogP contribution < -0.4 is 10.6 Å². The minimum absolute atomic E-state index is 0.293. The largest absolute Gasteiger partial charge is 0.467 e. The maximum absolute atomic E-state index is 14.2. The Morgan fingerprint density at radius 2 is 2.32 bits per heavy atom. The second-order valence-electron chi connectivity index (χ2n) is 6.03. The van der Waals surface area contributed by atoms with Crippen molar-refractivity contribution < 1.29 is 28.9 Å². The van der Waals surface area contributed by atoms with Gasteiger partial charge >= 0.3 is 11.7 Å². The van der Waals surface area contributed by atoms with E-state index in [1.807, 2.05) is 0 Å². The van der Waals surface area contributed by atoms with Gasteiger partial charge in [-0.3, -0.25) is 4.57 Å². The lowest BCUT2D eigenvalue weighted by Gasteiger charge is -2.24. The average molecular weight is 357 g/mol. The zero-order valence-corrected chi connectivity index (χ0v) is 13.6. The van der Waals surface area contributed by atoms with E-state index in [2.05, 4.69) is 4.98 Å². The van der Waals surface area contributed by atoms with Gasteiger partial charge in [-0.2, -0.15) is 4.98 Å². The molecule has 0 bridgehead atoms. The lowest BCUT2D eigenvalue weighted by atomic mass is 10.1. The Labute approximate surface area is 142 Å². The van der Waals surface area contributed by atoms with Gasteiger partial charge in [-0.15, -0.1) is 0 Å². The summed E-state index contributed by atoms with van der Waals surface area (Å²) >= 11 is 0. The molecule has 0 radical (unpaired) electrons. The van der Waals surface area contributed by atoms with Gasteiger partial charge in [0, 0.05) is 12.7 Å². The molecule has 138 valence electrons. The van der Waals surface area contributed by atoms with Crippen molar-refractivity contribution in [3.63, 3.8) is 0 Å². The van der Waals surface area contributed by atoms with E-state index in [1.54, 1.807) is 4.90 Å². The number of carbonyl (C=O) groups excluding carboxylic acids is 1. The van der Waals surface area contributed by atoms with Crippen LogP contribution in [0, 0.1) is 0 Å². The molecule has 2 saturated heterocycles. The summed E-state index contributed by atoms with van der Waals surface area (Å²) in [5, 5.41) is 18.8. The molecule has 0 saturated carbocycles. The van der Waals surface area contributed by atoms with Gasteiger partial charge in [0.1, 0.15) is 24.1 Å². The van der Waals surface area contributed by atoms with Crippen LogP contribution in [0.2, 0.25) is 0 Å². The van der Waals surface area contributed by atoms with Gasteiger partial charge in [0.15, 0.2) is 12.4 Å². The van der Waals surface area contributed by atoms with E-state index in [1.165, 1.54) is 19.4 Å². The number of rotatable bonds is 4. The maximum Gasteiger partial charge on any atom is 0.351 e. The van der Waals surface area contributed by atoms with Gasteiger partial charge < -0.3 is 24.6 Å². The number of hydrogen-bond acceptors (Lipinski definition) is 8. The highest BCUT2D eigenvalue weighted by atomic mass is 19.1. The van der Waals surface area contributed by atoms with Crippen LogP contribution in [-0.4, -0.2) is 70.4 Å². The fraction of sp³-hybridized carbons (Fsp3) is 0.667. The Kier molecular flexibility index (Phi) is 5.02. The van der Waals surface area contributed by atoms with E-state index in [0.717, 1.165) is 11.0 Å². The Balaban J connectivity index is 1.85. The number of hydrogen-bond donors (Lipinski definition) is 2. The van der Waals surface area contributed by atoms with Crippen molar-refractivity contribution in [3.05, 3.63) is 22.7 Å². The molecule has 5 atom stereocenters. The molecular formula is C15H20FN3O6. The third kappa shape index (κ3) is 3.12. The van der Waals surface area contributed by atoms with E-state index < -0.39 is 48.9 Å². The predicted molar refractivity (Wildman–Crippen MR) is 82.8 cm³/mol. The average Bonchev–Trinajstić information content (AvgIpc) is 3.20. The summed E-state index contributed by atoms with van der Waals surface area (Å²) in [5.74, 6) is -0.109. The number of nitrogens with zero attached hydrogens (tertiary/aromatic N) is 3. The summed E-state index contributed by atoms with van der Waals surface area (Å²) in [6.07, 6.45) is -3.19. The van der Waals surface area contributed by atoms with Crippen LogP contribution in [0.5, 0.6) is 0 Å². The number of ether oxygens (including phenoxy) is 2. The Bertz CT molecular complexity index is 698. The third-order valence-corrected chi connectivity index (χ3v) is 4.58.